The predicted octanol–water partition coefficient (Wildman–Crippen LogP) is 4.89. The number of nitriles is 1. The highest BCUT2D eigenvalue weighted by Crippen LogP contribution is 2.36. The molecule has 2 aliphatic rings. The topological polar surface area (TPSA) is 79.3 Å². The van der Waals surface area contributed by atoms with Gasteiger partial charge < -0.3 is 14.2 Å². The number of hydrogen-bond donors (Lipinski definition) is 0. The van der Waals surface area contributed by atoms with Crippen molar-refractivity contribution in [3.05, 3.63) is 57.8 Å². The quantitative estimate of drug-likeness (QED) is 0.461. The second-order valence-electron chi connectivity index (χ2n) is 10.6. The lowest BCUT2D eigenvalue weighted by molar-refractivity contribution is -0.0390. The summed E-state index contributed by atoms with van der Waals surface area (Å²) in [6, 6.07) is 8.69. The molecule has 0 N–H and O–H groups in total. The van der Waals surface area contributed by atoms with Gasteiger partial charge in [-0.3, -0.25) is 9.69 Å². The van der Waals surface area contributed by atoms with Crippen LogP contribution in [0.25, 0.3) is 11.0 Å². The summed E-state index contributed by atoms with van der Waals surface area (Å²) in [4.78, 5) is 17.9. The third-order valence-corrected chi connectivity index (χ3v) is 8.43. The molecule has 2 unspecified atom stereocenters. The largest absolute Gasteiger partial charge is 0.364 e. The number of halogens is 1. The summed E-state index contributed by atoms with van der Waals surface area (Å²) in [6.45, 7) is 8.66. The van der Waals surface area contributed by atoms with E-state index in [9.17, 15) is 14.4 Å². The molecular weight excluding hydrogens is 483 g/mol. The van der Waals surface area contributed by atoms with E-state index in [1.54, 1.807) is 23.7 Å². The Morgan fingerprint density at radius 1 is 1.18 bits per heavy atom. The number of ether oxygens (including phenoxy) is 1. The van der Waals surface area contributed by atoms with Crippen molar-refractivity contribution in [3.8, 4) is 6.07 Å². The van der Waals surface area contributed by atoms with E-state index in [1.165, 1.54) is 12.1 Å². The van der Waals surface area contributed by atoms with Crippen LogP contribution < -0.4 is 10.5 Å². The number of anilines is 1. The van der Waals surface area contributed by atoms with Crippen LogP contribution in [0.15, 0.2) is 35.3 Å². The zero-order valence-electron chi connectivity index (χ0n) is 22.7. The molecule has 3 aromatic rings. The van der Waals surface area contributed by atoms with Gasteiger partial charge in [-0.2, -0.15) is 10.4 Å². The van der Waals surface area contributed by atoms with Gasteiger partial charge in [0.1, 0.15) is 17.6 Å². The monoisotopic (exact) mass is 520 g/mol. The summed E-state index contributed by atoms with van der Waals surface area (Å²) in [6.07, 6.45) is 6.71. The van der Waals surface area contributed by atoms with E-state index in [0.717, 1.165) is 74.1 Å². The number of piperazine rings is 1. The number of fused-ring (bicyclic) bond motifs is 1. The first-order valence-electron chi connectivity index (χ1n) is 13.8. The smallest absolute Gasteiger partial charge is 0.252 e. The molecule has 5 rings (SSSR count). The van der Waals surface area contributed by atoms with Crippen LogP contribution in [0.4, 0.5) is 10.1 Å². The fraction of sp³-hybridized carbons (Fsp3) is 0.552. The van der Waals surface area contributed by atoms with Gasteiger partial charge in [-0.25, -0.2) is 9.07 Å². The molecule has 0 bridgehead atoms. The van der Waals surface area contributed by atoms with Crippen LogP contribution in [0.5, 0.6) is 0 Å². The van der Waals surface area contributed by atoms with Crippen LogP contribution in [0.1, 0.15) is 76.3 Å². The summed E-state index contributed by atoms with van der Waals surface area (Å²) < 4.78 is 23.4. The Labute approximate surface area is 223 Å². The van der Waals surface area contributed by atoms with Crippen LogP contribution >= 0.6 is 0 Å². The van der Waals surface area contributed by atoms with Gasteiger partial charge >= 0.3 is 0 Å². The molecule has 9 heteroatoms. The summed E-state index contributed by atoms with van der Waals surface area (Å²) in [5, 5.41) is 14.6. The van der Waals surface area contributed by atoms with Crippen molar-refractivity contribution in [2.75, 3.05) is 24.6 Å². The maximum atomic E-state index is 13.8. The van der Waals surface area contributed by atoms with Crippen LogP contribution in [0, 0.1) is 17.1 Å². The van der Waals surface area contributed by atoms with Gasteiger partial charge in [-0.05, 0) is 56.7 Å². The van der Waals surface area contributed by atoms with Gasteiger partial charge in [0.2, 0.25) is 0 Å². The summed E-state index contributed by atoms with van der Waals surface area (Å²) in [5.41, 5.74) is 3.67. The lowest BCUT2D eigenvalue weighted by Gasteiger charge is -2.49. The van der Waals surface area contributed by atoms with E-state index >= 15 is 0 Å². The molecule has 0 amide bonds. The van der Waals surface area contributed by atoms with Crippen molar-refractivity contribution >= 4 is 16.7 Å². The van der Waals surface area contributed by atoms with Gasteiger partial charge in [0.05, 0.1) is 29.0 Å². The molecular formula is C29H37FN6O2. The highest BCUT2D eigenvalue weighted by atomic mass is 19.1. The van der Waals surface area contributed by atoms with Crippen molar-refractivity contribution in [1.82, 2.24) is 19.2 Å². The molecule has 2 aliphatic heterocycles. The fourth-order valence-corrected chi connectivity index (χ4v) is 6.13. The van der Waals surface area contributed by atoms with Crippen molar-refractivity contribution in [1.29, 1.82) is 5.26 Å². The first-order chi connectivity index (χ1) is 18.4. The Morgan fingerprint density at radius 3 is 2.66 bits per heavy atom. The Kier molecular flexibility index (Phi) is 7.55. The molecule has 202 valence electrons. The average molecular weight is 521 g/mol. The maximum Gasteiger partial charge on any atom is 0.252 e. The van der Waals surface area contributed by atoms with Gasteiger partial charge in [0.25, 0.3) is 5.56 Å². The van der Waals surface area contributed by atoms with Gasteiger partial charge in [0, 0.05) is 50.9 Å². The minimum Gasteiger partial charge on any atom is -0.364 e. The zero-order chi connectivity index (χ0) is 27.0. The van der Waals surface area contributed by atoms with Crippen LogP contribution in [-0.4, -0.2) is 51.0 Å². The lowest BCUT2D eigenvalue weighted by Crippen LogP contribution is -2.58. The second-order valence-corrected chi connectivity index (χ2v) is 10.6. The minimum absolute atomic E-state index is 0.0438. The SMILES string of the molecule is CC[C@H]1CN(C(C)c2ccc(F)cc2C#N)[C@H](CC)CN1c1cc(=O)n(C)c2cn(C3CCCCO3)nc12. The van der Waals surface area contributed by atoms with Gasteiger partial charge in [-0.1, -0.05) is 19.9 Å². The molecule has 38 heavy (non-hydrogen) atoms. The molecule has 0 saturated carbocycles. The number of nitrogens with zero attached hydrogens (tertiary/aromatic N) is 6. The minimum atomic E-state index is -0.395. The molecule has 8 nitrogen and oxygen atoms in total. The summed E-state index contributed by atoms with van der Waals surface area (Å²) in [7, 11) is 1.80. The molecule has 4 heterocycles. The molecule has 4 atom stereocenters. The van der Waals surface area contributed by atoms with Crippen molar-refractivity contribution in [3.63, 3.8) is 0 Å². The summed E-state index contributed by atoms with van der Waals surface area (Å²) in [5.74, 6) is -0.395. The molecule has 0 aliphatic carbocycles. The van der Waals surface area contributed by atoms with Crippen LogP contribution in [0.2, 0.25) is 0 Å². The number of aryl methyl sites for hydroxylation is 1. The molecule has 2 aromatic heterocycles. The van der Waals surface area contributed by atoms with Crippen LogP contribution in [-0.2, 0) is 11.8 Å². The van der Waals surface area contributed by atoms with E-state index in [2.05, 4.69) is 36.6 Å². The van der Waals surface area contributed by atoms with Gasteiger partial charge in [0.15, 0.2) is 0 Å². The number of pyridine rings is 1. The molecule has 2 saturated heterocycles. The standard InChI is InChI=1S/C29H37FN6O2/c1-5-22-17-35(23(6-2)16-34(22)19(3)24-11-10-21(30)13-20(24)15-31)25-14-27(37)33(4)26-18-36(32-29(25)26)28-9-7-8-12-38-28/h10-11,13-14,18-19,22-23,28H,5-9,12,16-17H2,1-4H3/t19?,22-,23+,28?/m1/s1. The third kappa shape index (κ3) is 4.72. The number of rotatable bonds is 6. The Morgan fingerprint density at radius 2 is 1.97 bits per heavy atom. The van der Waals surface area contributed by atoms with E-state index < -0.39 is 5.82 Å². The molecule has 1 aromatic carbocycles. The van der Waals surface area contributed by atoms with E-state index in [0.29, 0.717) is 5.56 Å². The maximum absolute atomic E-state index is 13.8. The predicted molar refractivity (Wildman–Crippen MR) is 146 cm³/mol. The highest BCUT2D eigenvalue weighted by molar-refractivity contribution is 5.88. The first kappa shape index (κ1) is 26.4. The summed E-state index contributed by atoms with van der Waals surface area (Å²) >= 11 is 0. The second kappa shape index (κ2) is 10.9. The highest BCUT2D eigenvalue weighted by Gasteiger charge is 2.37. The fourth-order valence-electron chi connectivity index (χ4n) is 6.13. The molecule has 0 spiro atoms. The van der Waals surface area contributed by atoms with Crippen molar-refractivity contribution < 1.29 is 9.13 Å². The Balaban J connectivity index is 1.51. The number of hydrogen-bond acceptors (Lipinski definition) is 6. The normalized spacial score (nSPS) is 23.5. The first-order valence-corrected chi connectivity index (χ1v) is 13.8. The van der Waals surface area contributed by atoms with Crippen LogP contribution in [0.3, 0.4) is 0 Å². The number of benzene rings is 1. The third-order valence-electron chi connectivity index (χ3n) is 8.43. The van der Waals surface area contributed by atoms with E-state index in [4.69, 9.17) is 9.84 Å². The molecule has 2 fully saturated rings. The zero-order valence-corrected chi connectivity index (χ0v) is 22.7. The Hall–Kier alpha value is -3.22. The molecule has 0 radical (unpaired) electrons. The van der Waals surface area contributed by atoms with E-state index in [-0.39, 0.29) is 29.9 Å². The van der Waals surface area contributed by atoms with Crippen molar-refractivity contribution in [2.24, 2.45) is 7.05 Å². The Bertz CT molecular complexity index is 1400. The average Bonchev–Trinajstić information content (AvgIpc) is 3.40. The van der Waals surface area contributed by atoms with Crippen molar-refractivity contribution in [2.45, 2.75) is 77.2 Å². The van der Waals surface area contributed by atoms with Gasteiger partial charge in [-0.15, -0.1) is 0 Å². The number of aromatic nitrogens is 3. The lowest BCUT2D eigenvalue weighted by atomic mass is 9.94. The van der Waals surface area contributed by atoms with E-state index in [1.807, 2.05) is 10.9 Å².